The summed E-state index contributed by atoms with van der Waals surface area (Å²) < 4.78 is 5.32. The number of methoxy groups -OCH3 is 1. The van der Waals surface area contributed by atoms with Gasteiger partial charge in [0.05, 0.1) is 52.3 Å². The Morgan fingerprint density at radius 2 is 2.17 bits per heavy atom. The number of nitrogens with one attached hydrogen (secondary N) is 1. The molecule has 1 amide bonds. The van der Waals surface area contributed by atoms with Crippen LogP contribution in [0.5, 0.6) is 5.75 Å². The van der Waals surface area contributed by atoms with E-state index >= 15 is 0 Å². The molecule has 35 heavy (non-hydrogen) atoms. The minimum Gasteiger partial charge on any atom is -0.497 e. The molecule has 1 fully saturated rings. The Kier molecular flexibility index (Phi) is 8.21. The minimum atomic E-state index is -0.910. The van der Waals surface area contributed by atoms with E-state index in [1.165, 1.54) is 17.5 Å². The van der Waals surface area contributed by atoms with E-state index in [0.29, 0.717) is 72.6 Å². The van der Waals surface area contributed by atoms with Gasteiger partial charge in [-0.3, -0.25) is 24.9 Å². The van der Waals surface area contributed by atoms with Crippen molar-refractivity contribution in [2.75, 3.05) is 26.7 Å². The average Bonchev–Trinajstić information content (AvgIpc) is 3.40. The summed E-state index contributed by atoms with van der Waals surface area (Å²) in [7, 11) is 1.57. The first-order valence-electron chi connectivity index (χ1n) is 11.3. The monoisotopic (exact) mass is 514 g/mol. The third-order valence-corrected chi connectivity index (χ3v) is 7.63. The van der Waals surface area contributed by atoms with Gasteiger partial charge in [0, 0.05) is 30.2 Å². The van der Waals surface area contributed by atoms with Gasteiger partial charge >= 0.3 is 0 Å². The molecule has 1 aliphatic heterocycles. The van der Waals surface area contributed by atoms with Crippen LogP contribution >= 0.6 is 22.9 Å². The van der Waals surface area contributed by atoms with Crippen molar-refractivity contribution in [2.45, 2.75) is 31.8 Å². The minimum absolute atomic E-state index is 0.300. The fourth-order valence-electron chi connectivity index (χ4n) is 4.56. The van der Waals surface area contributed by atoms with E-state index in [1.807, 2.05) is 11.5 Å². The second kappa shape index (κ2) is 11.3. The van der Waals surface area contributed by atoms with E-state index in [0.717, 1.165) is 4.88 Å². The number of likely N-dealkylation sites (tertiary alicyclic amines) is 1. The Hall–Kier alpha value is -2.74. The average molecular weight is 515 g/mol. The van der Waals surface area contributed by atoms with E-state index in [2.05, 4.69) is 26.7 Å². The highest BCUT2D eigenvalue weighted by molar-refractivity contribution is 7.10. The maximum atomic E-state index is 12.7. The molecular weight excluding hydrogens is 488 g/mol. The van der Waals surface area contributed by atoms with Crippen LogP contribution in [0.1, 0.15) is 42.2 Å². The molecule has 1 saturated heterocycles. The number of piperidine rings is 1. The number of hydrogen-bond acceptors (Lipinski definition) is 8. The van der Waals surface area contributed by atoms with E-state index in [4.69, 9.17) is 16.3 Å². The van der Waals surface area contributed by atoms with Gasteiger partial charge in [-0.2, -0.15) is 0 Å². The van der Waals surface area contributed by atoms with Crippen molar-refractivity contribution < 1.29 is 19.8 Å². The van der Waals surface area contributed by atoms with Gasteiger partial charge in [-0.1, -0.05) is 23.4 Å². The van der Waals surface area contributed by atoms with Crippen LogP contribution in [-0.4, -0.2) is 57.8 Å². The number of aliphatic hydroxyl groups excluding tert-OH is 1. The number of nitrogens with zero attached hydrogens (tertiary/aromatic N) is 3. The molecule has 0 unspecified atom stereocenters. The molecular formula is C25H27ClN4O4S. The predicted octanol–water partition coefficient (Wildman–Crippen LogP) is 3.81. The van der Waals surface area contributed by atoms with Crippen molar-refractivity contribution in [1.29, 1.82) is 0 Å². The highest BCUT2D eigenvalue weighted by atomic mass is 35.5. The molecule has 0 aliphatic carbocycles. The molecule has 0 spiro atoms. The van der Waals surface area contributed by atoms with Crippen molar-refractivity contribution in [3.63, 3.8) is 0 Å². The third-order valence-electron chi connectivity index (χ3n) is 6.64. The number of rotatable bonds is 7. The summed E-state index contributed by atoms with van der Waals surface area (Å²) in [6.07, 6.45) is 4.15. The van der Waals surface area contributed by atoms with Crippen molar-refractivity contribution >= 4 is 39.7 Å². The van der Waals surface area contributed by atoms with E-state index < -0.39 is 17.4 Å². The Balaban J connectivity index is 1.46. The van der Waals surface area contributed by atoms with Crippen molar-refractivity contribution in [3.05, 3.63) is 51.6 Å². The number of carbonyl (C=O) groups excluding carboxylic acids is 1. The standard InChI is InChI=1S/C25H27ClN4O4S/c1-34-17-4-5-21-19(13-17)23(20(26)15-28-21)22(31)6-7-25(24(32)29-33)8-11-30(12-9-25)10-2-3-18-14-27-16-35-18/h4-5,13-16,22,31,33H,6-12H2,1H3,(H,29,32)/t22-/m1/s1. The fraction of sp³-hybridized carbons (Fsp3) is 0.400. The molecule has 184 valence electrons. The SMILES string of the molecule is COc1ccc2ncc(Cl)c([C@H](O)CCC3(C(=O)NO)CCN(CC#Cc4cncs4)CC3)c2c1. The lowest BCUT2D eigenvalue weighted by Gasteiger charge is -2.40. The Bertz CT molecular complexity index is 1230. The molecule has 3 N–H and O–H groups in total. The lowest BCUT2D eigenvalue weighted by atomic mass is 9.73. The lowest BCUT2D eigenvalue weighted by Crippen LogP contribution is -2.48. The molecule has 8 nitrogen and oxygen atoms in total. The first-order chi connectivity index (χ1) is 17.0. The van der Waals surface area contributed by atoms with Crippen LogP contribution in [0.2, 0.25) is 5.02 Å². The number of fused-ring (bicyclic) bond motifs is 1. The molecule has 1 aliphatic rings. The molecule has 2 aromatic heterocycles. The third kappa shape index (κ3) is 5.74. The largest absolute Gasteiger partial charge is 0.497 e. The Morgan fingerprint density at radius 3 is 2.86 bits per heavy atom. The van der Waals surface area contributed by atoms with Crippen LogP contribution in [0.4, 0.5) is 0 Å². The fourth-order valence-corrected chi connectivity index (χ4v) is 5.32. The quantitative estimate of drug-likeness (QED) is 0.250. The number of hydrogen-bond donors (Lipinski definition) is 3. The van der Waals surface area contributed by atoms with Crippen LogP contribution in [0.3, 0.4) is 0 Å². The number of pyridine rings is 1. The maximum Gasteiger partial charge on any atom is 0.249 e. The van der Waals surface area contributed by atoms with Gasteiger partial charge in [-0.15, -0.1) is 11.3 Å². The zero-order chi connectivity index (χ0) is 24.8. The zero-order valence-electron chi connectivity index (χ0n) is 19.3. The van der Waals surface area contributed by atoms with Crippen LogP contribution in [0, 0.1) is 17.3 Å². The van der Waals surface area contributed by atoms with Gasteiger partial charge in [0.1, 0.15) is 5.75 Å². The molecule has 3 aromatic rings. The second-order valence-electron chi connectivity index (χ2n) is 8.62. The van der Waals surface area contributed by atoms with E-state index in [9.17, 15) is 15.1 Å². The normalized spacial score (nSPS) is 16.3. The molecule has 1 aromatic carbocycles. The highest BCUT2D eigenvalue weighted by Crippen LogP contribution is 2.41. The summed E-state index contributed by atoms with van der Waals surface area (Å²) in [4.78, 5) is 24.2. The number of hydroxylamine groups is 1. The molecule has 10 heteroatoms. The van der Waals surface area contributed by atoms with Gasteiger partial charge in [0.25, 0.3) is 0 Å². The van der Waals surface area contributed by atoms with Gasteiger partial charge in [-0.25, -0.2) is 5.48 Å². The lowest BCUT2D eigenvalue weighted by molar-refractivity contribution is -0.143. The van der Waals surface area contributed by atoms with Crippen LogP contribution in [0.15, 0.2) is 36.1 Å². The summed E-state index contributed by atoms with van der Waals surface area (Å²) in [6.45, 7) is 1.92. The smallest absolute Gasteiger partial charge is 0.249 e. The predicted molar refractivity (Wildman–Crippen MR) is 135 cm³/mol. The number of aromatic nitrogens is 2. The number of ether oxygens (including phenoxy) is 1. The number of carbonyl (C=O) groups is 1. The van der Waals surface area contributed by atoms with Crippen LogP contribution < -0.4 is 10.2 Å². The number of halogens is 1. The number of aliphatic hydroxyl groups is 1. The van der Waals surface area contributed by atoms with E-state index in [-0.39, 0.29) is 0 Å². The van der Waals surface area contributed by atoms with Crippen molar-refractivity contribution in [3.8, 4) is 17.6 Å². The number of benzene rings is 1. The van der Waals surface area contributed by atoms with Gasteiger partial charge in [0.2, 0.25) is 5.91 Å². The van der Waals surface area contributed by atoms with Gasteiger partial charge in [0.15, 0.2) is 0 Å². The van der Waals surface area contributed by atoms with Crippen molar-refractivity contribution in [1.82, 2.24) is 20.3 Å². The highest BCUT2D eigenvalue weighted by Gasteiger charge is 2.41. The summed E-state index contributed by atoms with van der Waals surface area (Å²) in [6, 6.07) is 5.42. The summed E-state index contributed by atoms with van der Waals surface area (Å²) >= 11 is 7.94. The Labute approximate surface area is 212 Å². The number of thiazole rings is 1. The van der Waals surface area contributed by atoms with Gasteiger partial charge in [-0.05, 0) is 43.9 Å². The molecule has 0 saturated carbocycles. The van der Waals surface area contributed by atoms with Crippen LogP contribution in [0.25, 0.3) is 10.9 Å². The first kappa shape index (κ1) is 25.4. The molecule has 4 rings (SSSR count). The van der Waals surface area contributed by atoms with Crippen LogP contribution in [-0.2, 0) is 4.79 Å². The van der Waals surface area contributed by atoms with Gasteiger partial charge < -0.3 is 9.84 Å². The summed E-state index contributed by atoms with van der Waals surface area (Å²) in [5.41, 5.74) is 4.06. The maximum absolute atomic E-state index is 12.7. The summed E-state index contributed by atoms with van der Waals surface area (Å²) in [5, 5.41) is 21.6. The molecule has 0 bridgehead atoms. The Morgan fingerprint density at radius 1 is 1.37 bits per heavy atom. The first-order valence-corrected chi connectivity index (χ1v) is 12.6. The number of amides is 1. The zero-order valence-corrected chi connectivity index (χ0v) is 20.9. The molecule has 1 atom stereocenters. The summed E-state index contributed by atoms with van der Waals surface area (Å²) in [5.74, 6) is 6.47. The van der Waals surface area contributed by atoms with E-state index in [1.54, 1.807) is 30.9 Å². The second-order valence-corrected chi connectivity index (χ2v) is 9.92. The molecule has 3 heterocycles. The topological polar surface area (TPSA) is 108 Å². The molecule has 0 radical (unpaired) electrons. The van der Waals surface area contributed by atoms with Crippen molar-refractivity contribution in [2.24, 2.45) is 5.41 Å².